The van der Waals surface area contributed by atoms with Crippen LogP contribution >= 0.6 is 0 Å². The summed E-state index contributed by atoms with van der Waals surface area (Å²) in [5.74, 6) is -1.78. The minimum Gasteiger partial charge on any atom is -0.504 e. The summed E-state index contributed by atoms with van der Waals surface area (Å²) in [6.07, 6.45) is 0.796. The largest absolute Gasteiger partial charge is 0.504 e. The number of rotatable bonds is 6. The van der Waals surface area contributed by atoms with Gasteiger partial charge in [0.05, 0.1) is 13.2 Å². The zero-order valence-corrected chi connectivity index (χ0v) is 17.0. The number of guanidine groups is 1. The van der Waals surface area contributed by atoms with Gasteiger partial charge in [-0.25, -0.2) is 4.99 Å². The van der Waals surface area contributed by atoms with Gasteiger partial charge in [0.25, 0.3) is 0 Å². The summed E-state index contributed by atoms with van der Waals surface area (Å²) in [5, 5.41) is 12.7. The lowest BCUT2D eigenvalue weighted by Gasteiger charge is -2.37. The van der Waals surface area contributed by atoms with Crippen LogP contribution in [-0.2, 0) is 19.1 Å². The number of phenols is 1. The van der Waals surface area contributed by atoms with E-state index in [0.717, 1.165) is 6.41 Å². The molecule has 1 fully saturated rings. The third kappa shape index (κ3) is 4.47. The number of nitrogens with one attached hydrogen (secondary N) is 1. The van der Waals surface area contributed by atoms with Gasteiger partial charge in [0.1, 0.15) is 6.04 Å². The Morgan fingerprint density at radius 2 is 2.00 bits per heavy atom. The van der Waals surface area contributed by atoms with E-state index in [1.54, 1.807) is 30.9 Å². The van der Waals surface area contributed by atoms with Crippen LogP contribution in [0.3, 0.4) is 0 Å². The Balaban J connectivity index is 1.96. The van der Waals surface area contributed by atoms with E-state index in [9.17, 15) is 19.5 Å². The second kappa shape index (κ2) is 9.47. The minimum absolute atomic E-state index is 0.0391. The fraction of sp³-hybridized carbons (Fsp3) is 0.500. The van der Waals surface area contributed by atoms with E-state index >= 15 is 0 Å². The Hall–Kier alpha value is -3.30. The van der Waals surface area contributed by atoms with Crippen LogP contribution in [0, 0.1) is 5.92 Å². The van der Waals surface area contributed by atoms with Crippen molar-refractivity contribution in [3.05, 3.63) is 23.8 Å². The van der Waals surface area contributed by atoms with Crippen LogP contribution < -0.4 is 10.1 Å². The van der Waals surface area contributed by atoms with E-state index < -0.39 is 23.8 Å². The van der Waals surface area contributed by atoms with Crippen molar-refractivity contribution in [1.82, 2.24) is 15.1 Å². The number of ether oxygens (including phenoxy) is 2. The van der Waals surface area contributed by atoms with Gasteiger partial charge >= 0.3 is 5.97 Å². The van der Waals surface area contributed by atoms with Gasteiger partial charge in [-0.2, -0.15) is 0 Å². The molecule has 0 aliphatic carbocycles. The number of hydrogen-bond donors (Lipinski definition) is 2. The third-order valence-corrected chi connectivity index (χ3v) is 5.02. The van der Waals surface area contributed by atoms with Crippen molar-refractivity contribution in [2.24, 2.45) is 10.9 Å². The Kier molecular flexibility index (Phi) is 6.76. The standard InChI is InChI=1S/C20H26N4O6/c1-3-29-15-11-13(5-6-14(15)26)17-16(19(28)30-4-2)18(27)22-20(21-17)24-9-7-23(12-25)8-10-24/h5-6,11-12,16-17,26H,3-4,7-10H2,1-2H3,(H,21,22,27)/t16-,17-/m0/s1. The zero-order valence-electron chi connectivity index (χ0n) is 17.0. The molecule has 1 aromatic carbocycles. The number of nitrogens with zero attached hydrogens (tertiary/aromatic N) is 3. The van der Waals surface area contributed by atoms with Crippen LogP contribution in [0.15, 0.2) is 23.2 Å². The molecule has 2 N–H and O–H groups in total. The van der Waals surface area contributed by atoms with E-state index in [0.29, 0.717) is 44.3 Å². The van der Waals surface area contributed by atoms with Crippen LogP contribution in [0.1, 0.15) is 25.5 Å². The average molecular weight is 418 g/mol. The van der Waals surface area contributed by atoms with Gasteiger partial charge in [-0.1, -0.05) is 6.07 Å². The highest BCUT2D eigenvalue weighted by molar-refractivity contribution is 6.08. The van der Waals surface area contributed by atoms with E-state index in [4.69, 9.17) is 9.47 Å². The van der Waals surface area contributed by atoms with Crippen LogP contribution in [0.25, 0.3) is 0 Å². The number of phenolic OH excluding ortho intramolecular Hbond substituents is 1. The molecule has 162 valence electrons. The topological polar surface area (TPSA) is 121 Å². The molecule has 2 heterocycles. The summed E-state index contributed by atoms with van der Waals surface area (Å²) >= 11 is 0. The molecule has 30 heavy (non-hydrogen) atoms. The van der Waals surface area contributed by atoms with E-state index in [2.05, 4.69) is 10.3 Å². The maximum Gasteiger partial charge on any atom is 0.321 e. The number of aromatic hydroxyl groups is 1. The molecule has 3 rings (SSSR count). The maximum absolute atomic E-state index is 12.9. The third-order valence-electron chi connectivity index (χ3n) is 5.02. The zero-order chi connectivity index (χ0) is 21.7. The summed E-state index contributed by atoms with van der Waals surface area (Å²) in [6.45, 7) is 5.98. The molecule has 10 nitrogen and oxygen atoms in total. The number of aliphatic imine (C=N–C) groups is 1. The summed E-state index contributed by atoms with van der Waals surface area (Å²) in [4.78, 5) is 44.5. The molecule has 0 aromatic heterocycles. The first-order valence-electron chi connectivity index (χ1n) is 9.93. The highest BCUT2D eigenvalue weighted by Gasteiger charge is 2.42. The summed E-state index contributed by atoms with van der Waals surface area (Å²) in [5.41, 5.74) is 0.549. The van der Waals surface area contributed by atoms with E-state index in [-0.39, 0.29) is 18.1 Å². The van der Waals surface area contributed by atoms with Gasteiger partial charge in [0.15, 0.2) is 17.4 Å². The van der Waals surface area contributed by atoms with Crippen molar-refractivity contribution >= 4 is 24.2 Å². The minimum atomic E-state index is -1.16. The molecule has 2 aliphatic rings. The molecule has 1 saturated heterocycles. The average Bonchev–Trinajstić information content (AvgIpc) is 2.75. The lowest BCUT2D eigenvalue weighted by molar-refractivity contribution is -0.153. The number of esters is 1. The lowest BCUT2D eigenvalue weighted by atomic mass is 9.91. The first-order valence-corrected chi connectivity index (χ1v) is 9.93. The van der Waals surface area contributed by atoms with Crippen molar-refractivity contribution in [2.75, 3.05) is 39.4 Å². The van der Waals surface area contributed by atoms with Gasteiger partial charge in [-0.3, -0.25) is 19.7 Å². The van der Waals surface area contributed by atoms with Gasteiger partial charge in [-0.15, -0.1) is 0 Å². The molecule has 0 radical (unpaired) electrons. The Morgan fingerprint density at radius 3 is 2.63 bits per heavy atom. The molecular weight excluding hydrogens is 392 g/mol. The molecule has 2 aliphatic heterocycles. The van der Waals surface area contributed by atoms with Gasteiger partial charge in [0.2, 0.25) is 18.3 Å². The van der Waals surface area contributed by atoms with Crippen LogP contribution in [0.2, 0.25) is 0 Å². The predicted octanol–water partition coefficient (Wildman–Crippen LogP) is 0.271. The van der Waals surface area contributed by atoms with E-state index in [1.165, 1.54) is 6.07 Å². The number of carbonyl (C=O) groups excluding carboxylic acids is 3. The van der Waals surface area contributed by atoms with Crippen molar-refractivity contribution in [2.45, 2.75) is 19.9 Å². The Bertz CT molecular complexity index is 835. The van der Waals surface area contributed by atoms with Gasteiger partial charge < -0.3 is 24.4 Å². The predicted molar refractivity (Wildman–Crippen MR) is 107 cm³/mol. The number of amides is 2. The molecule has 0 saturated carbocycles. The summed E-state index contributed by atoms with van der Waals surface area (Å²) < 4.78 is 10.5. The Morgan fingerprint density at radius 1 is 1.27 bits per heavy atom. The van der Waals surface area contributed by atoms with Crippen molar-refractivity contribution in [3.8, 4) is 11.5 Å². The van der Waals surface area contributed by atoms with Gasteiger partial charge in [-0.05, 0) is 31.5 Å². The second-order valence-corrected chi connectivity index (χ2v) is 6.91. The smallest absolute Gasteiger partial charge is 0.321 e. The molecule has 2 amide bonds. The van der Waals surface area contributed by atoms with Crippen LogP contribution in [0.5, 0.6) is 11.5 Å². The van der Waals surface area contributed by atoms with Crippen LogP contribution in [0.4, 0.5) is 0 Å². The van der Waals surface area contributed by atoms with Crippen molar-refractivity contribution < 1.29 is 29.0 Å². The normalized spacial score (nSPS) is 21.5. The lowest BCUT2D eigenvalue weighted by Crippen LogP contribution is -2.57. The molecular formula is C20H26N4O6. The highest BCUT2D eigenvalue weighted by Crippen LogP contribution is 2.36. The fourth-order valence-corrected chi connectivity index (χ4v) is 3.49. The molecule has 0 bridgehead atoms. The fourth-order valence-electron chi connectivity index (χ4n) is 3.49. The first kappa shape index (κ1) is 21.4. The molecule has 0 spiro atoms. The number of benzene rings is 1. The maximum atomic E-state index is 12.9. The summed E-state index contributed by atoms with van der Waals surface area (Å²) in [7, 11) is 0. The molecule has 2 atom stereocenters. The number of piperazine rings is 1. The van der Waals surface area contributed by atoms with E-state index in [1.807, 2.05) is 4.90 Å². The quantitative estimate of drug-likeness (QED) is 0.386. The van der Waals surface area contributed by atoms with Crippen LogP contribution in [-0.4, -0.2) is 78.5 Å². The van der Waals surface area contributed by atoms with Gasteiger partial charge in [0, 0.05) is 26.2 Å². The molecule has 1 aromatic rings. The molecule has 0 unspecified atom stereocenters. The second-order valence-electron chi connectivity index (χ2n) is 6.91. The number of carbonyl (C=O) groups is 3. The number of hydrogen-bond acceptors (Lipinski definition) is 8. The SMILES string of the molecule is CCOC(=O)[C@@H]1C(=O)NC(N2CCN(C=O)CC2)=N[C@H]1c1ccc(O)c(OCC)c1. The summed E-state index contributed by atoms with van der Waals surface area (Å²) in [6, 6.07) is 3.81. The first-order chi connectivity index (χ1) is 14.5. The highest BCUT2D eigenvalue weighted by atomic mass is 16.5. The van der Waals surface area contributed by atoms with Crippen molar-refractivity contribution in [3.63, 3.8) is 0 Å². The Labute approximate surface area is 174 Å². The monoisotopic (exact) mass is 418 g/mol. The van der Waals surface area contributed by atoms with Crippen molar-refractivity contribution in [1.29, 1.82) is 0 Å². The molecule has 10 heteroatoms.